The number of benzene rings is 2. The van der Waals surface area contributed by atoms with Gasteiger partial charge in [0.2, 0.25) is 0 Å². The summed E-state index contributed by atoms with van der Waals surface area (Å²) in [5, 5.41) is 10.9. The minimum atomic E-state index is -1.07. The first-order chi connectivity index (χ1) is 8.50. The normalized spacial score (nSPS) is 10.8. The summed E-state index contributed by atoms with van der Waals surface area (Å²) >= 11 is 0. The standard InChI is InChI=1S/C15H14O3/c1-9(2)14(16)12-7-10-5-3-4-6-11(10)8-13(12)15(17)18/h3-9H,1-2H3,(H,17,18). The van der Waals surface area contributed by atoms with Gasteiger partial charge in [0.1, 0.15) is 0 Å². The van der Waals surface area contributed by atoms with Crippen LogP contribution in [0.2, 0.25) is 0 Å². The van der Waals surface area contributed by atoms with Crippen LogP contribution in [-0.4, -0.2) is 16.9 Å². The number of carboxylic acids is 1. The van der Waals surface area contributed by atoms with Crippen molar-refractivity contribution < 1.29 is 14.7 Å². The number of carboxylic acid groups (broad SMARTS) is 1. The molecule has 0 radical (unpaired) electrons. The highest BCUT2D eigenvalue weighted by Crippen LogP contribution is 2.22. The molecule has 0 aliphatic carbocycles. The molecule has 3 nitrogen and oxygen atoms in total. The maximum Gasteiger partial charge on any atom is 0.336 e. The van der Waals surface area contributed by atoms with Crippen molar-refractivity contribution in [2.45, 2.75) is 13.8 Å². The van der Waals surface area contributed by atoms with E-state index in [4.69, 9.17) is 0 Å². The molecule has 0 amide bonds. The van der Waals surface area contributed by atoms with Crippen molar-refractivity contribution in [2.24, 2.45) is 5.92 Å². The van der Waals surface area contributed by atoms with Crippen LogP contribution in [0.25, 0.3) is 10.8 Å². The fourth-order valence-electron chi connectivity index (χ4n) is 1.93. The zero-order chi connectivity index (χ0) is 13.3. The van der Waals surface area contributed by atoms with E-state index in [0.29, 0.717) is 0 Å². The van der Waals surface area contributed by atoms with Crippen LogP contribution in [0.3, 0.4) is 0 Å². The fraction of sp³-hybridized carbons (Fsp3) is 0.200. The van der Waals surface area contributed by atoms with Gasteiger partial charge >= 0.3 is 5.97 Å². The van der Waals surface area contributed by atoms with E-state index in [1.807, 2.05) is 24.3 Å². The molecule has 0 aliphatic rings. The molecule has 0 spiro atoms. The van der Waals surface area contributed by atoms with Crippen molar-refractivity contribution >= 4 is 22.5 Å². The first-order valence-corrected chi connectivity index (χ1v) is 5.81. The summed E-state index contributed by atoms with van der Waals surface area (Å²) in [6.45, 7) is 3.53. The van der Waals surface area contributed by atoms with Gasteiger partial charge in [-0.2, -0.15) is 0 Å². The van der Waals surface area contributed by atoms with E-state index in [-0.39, 0.29) is 22.8 Å². The van der Waals surface area contributed by atoms with E-state index in [9.17, 15) is 14.7 Å². The molecule has 0 fully saturated rings. The zero-order valence-electron chi connectivity index (χ0n) is 10.3. The summed E-state index contributed by atoms with van der Waals surface area (Å²) < 4.78 is 0. The second kappa shape index (κ2) is 4.61. The Morgan fingerprint density at radius 3 is 1.94 bits per heavy atom. The van der Waals surface area contributed by atoms with Crippen LogP contribution in [0.15, 0.2) is 36.4 Å². The second-order valence-corrected chi connectivity index (χ2v) is 4.57. The summed E-state index contributed by atoms with van der Waals surface area (Å²) in [5.74, 6) is -1.42. The highest BCUT2D eigenvalue weighted by atomic mass is 16.4. The smallest absolute Gasteiger partial charge is 0.336 e. The average molecular weight is 242 g/mol. The molecule has 0 bridgehead atoms. The SMILES string of the molecule is CC(C)C(=O)c1cc2ccccc2cc1C(=O)O. The minimum absolute atomic E-state index is 0.0763. The maximum atomic E-state index is 12.1. The lowest BCUT2D eigenvalue weighted by molar-refractivity contribution is 0.0691. The van der Waals surface area contributed by atoms with Crippen LogP contribution in [0.1, 0.15) is 34.6 Å². The molecular weight excluding hydrogens is 228 g/mol. The predicted molar refractivity (Wildman–Crippen MR) is 70.1 cm³/mol. The Morgan fingerprint density at radius 1 is 1.00 bits per heavy atom. The van der Waals surface area contributed by atoms with Gasteiger partial charge in [-0.25, -0.2) is 4.79 Å². The fourth-order valence-corrected chi connectivity index (χ4v) is 1.93. The first kappa shape index (κ1) is 12.3. The molecule has 0 saturated carbocycles. The summed E-state index contributed by atoms with van der Waals surface area (Å²) in [6, 6.07) is 10.7. The third-order valence-corrected chi connectivity index (χ3v) is 2.91. The van der Waals surface area contributed by atoms with Crippen molar-refractivity contribution in [1.29, 1.82) is 0 Å². The minimum Gasteiger partial charge on any atom is -0.478 e. The van der Waals surface area contributed by atoms with E-state index in [1.54, 1.807) is 26.0 Å². The molecule has 2 rings (SSSR count). The molecule has 2 aromatic rings. The number of hydrogen-bond donors (Lipinski definition) is 1. The largest absolute Gasteiger partial charge is 0.478 e. The monoisotopic (exact) mass is 242 g/mol. The van der Waals surface area contributed by atoms with Gasteiger partial charge in [-0.3, -0.25) is 4.79 Å². The van der Waals surface area contributed by atoms with Gasteiger partial charge in [0.15, 0.2) is 5.78 Å². The predicted octanol–water partition coefficient (Wildman–Crippen LogP) is 3.38. The molecule has 0 aliphatic heterocycles. The Balaban J connectivity index is 2.73. The van der Waals surface area contributed by atoms with Crippen molar-refractivity contribution in [2.75, 3.05) is 0 Å². The van der Waals surface area contributed by atoms with E-state index < -0.39 is 5.97 Å². The zero-order valence-corrected chi connectivity index (χ0v) is 10.3. The number of hydrogen-bond acceptors (Lipinski definition) is 2. The number of rotatable bonds is 3. The number of fused-ring (bicyclic) bond motifs is 1. The van der Waals surface area contributed by atoms with Crippen LogP contribution in [-0.2, 0) is 0 Å². The van der Waals surface area contributed by atoms with Gasteiger partial charge in [-0.1, -0.05) is 38.1 Å². The quantitative estimate of drug-likeness (QED) is 0.839. The molecule has 3 heteroatoms. The van der Waals surface area contributed by atoms with Crippen LogP contribution in [0, 0.1) is 5.92 Å². The van der Waals surface area contributed by atoms with Crippen LogP contribution >= 0.6 is 0 Å². The van der Waals surface area contributed by atoms with Crippen LogP contribution in [0.4, 0.5) is 0 Å². The van der Waals surface area contributed by atoms with Gasteiger partial charge in [0.25, 0.3) is 0 Å². The highest BCUT2D eigenvalue weighted by molar-refractivity contribution is 6.10. The van der Waals surface area contributed by atoms with Gasteiger partial charge in [0, 0.05) is 11.5 Å². The third kappa shape index (κ3) is 2.12. The Kier molecular flexibility index (Phi) is 3.15. The van der Waals surface area contributed by atoms with Crippen molar-refractivity contribution in [1.82, 2.24) is 0 Å². The molecular formula is C15H14O3. The van der Waals surface area contributed by atoms with E-state index in [1.165, 1.54) is 0 Å². The Morgan fingerprint density at radius 2 is 1.50 bits per heavy atom. The average Bonchev–Trinajstić information content (AvgIpc) is 2.36. The summed E-state index contributed by atoms with van der Waals surface area (Å²) in [4.78, 5) is 23.3. The lowest BCUT2D eigenvalue weighted by Crippen LogP contribution is -2.13. The lowest BCUT2D eigenvalue weighted by Gasteiger charge is -2.09. The summed E-state index contributed by atoms with van der Waals surface area (Å²) in [5.41, 5.74) is 0.364. The van der Waals surface area contributed by atoms with Gasteiger partial charge in [-0.05, 0) is 22.9 Å². The third-order valence-electron chi connectivity index (χ3n) is 2.91. The Hall–Kier alpha value is -2.16. The summed E-state index contributed by atoms with van der Waals surface area (Å²) in [6.07, 6.45) is 0. The van der Waals surface area contributed by atoms with Gasteiger partial charge in [0.05, 0.1) is 5.56 Å². The molecule has 0 unspecified atom stereocenters. The second-order valence-electron chi connectivity index (χ2n) is 4.57. The molecule has 0 heterocycles. The van der Waals surface area contributed by atoms with Crippen LogP contribution in [0.5, 0.6) is 0 Å². The Bertz CT molecular complexity index is 627. The van der Waals surface area contributed by atoms with Crippen LogP contribution < -0.4 is 0 Å². The number of ketones is 1. The molecule has 2 aromatic carbocycles. The highest BCUT2D eigenvalue weighted by Gasteiger charge is 2.19. The maximum absolute atomic E-state index is 12.1. The van der Waals surface area contributed by atoms with E-state index >= 15 is 0 Å². The van der Waals surface area contributed by atoms with E-state index in [2.05, 4.69) is 0 Å². The molecule has 18 heavy (non-hydrogen) atoms. The number of aromatic carboxylic acids is 1. The van der Waals surface area contributed by atoms with Crippen molar-refractivity contribution in [3.05, 3.63) is 47.5 Å². The van der Waals surface area contributed by atoms with Crippen molar-refractivity contribution in [3.8, 4) is 0 Å². The number of Topliss-reactive ketones (excluding diaryl/α,β-unsaturated/α-hetero) is 1. The van der Waals surface area contributed by atoms with Crippen molar-refractivity contribution in [3.63, 3.8) is 0 Å². The number of carbonyl (C=O) groups is 2. The topological polar surface area (TPSA) is 54.4 Å². The molecule has 0 saturated heterocycles. The molecule has 1 N–H and O–H groups in total. The first-order valence-electron chi connectivity index (χ1n) is 5.81. The molecule has 0 aromatic heterocycles. The molecule has 0 atom stereocenters. The van der Waals surface area contributed by atoms with Gasteiger partial charge < -0.3 is 5.11 Å². The van der Waals surface area contributed by atoms with Gasteiger partial charge in [-0.15, -0.1) is 0 Å². The van der Waals surface area contributed by atoms with E-state index in [0.717, 1.165) is 10.8 Å². The molecule has 92 valence electrons. The summed E-state index contributed by atoms with van der Waals surface area (Å²) in [7, 11) is 0. The lowest BCUT2D eigenvalue weighted by atomic mass is 9.93. The Labute approximate surface area is 105 Å². The number of carbonyl (C=O) groups excluding carboxylic acids is 1.